The van der Waals surface area contributed by atoms with Crippen LogP contribution in [0.1, 0.15) is 119 Å². The lowest BCUT2D eigenvalue weighted by Crippen LogP contribution is -2.13. The van der Waals surface area contributed by atoms with E-state index in [4.69, 9.17) is 0 Å². The van der Waals surface area contributed by atoms with Gasteiger partial charge < -0.3 is 0 Å². The molecule has 1 aliphatic carbocycles. The quantitative estimate of drug-likeness (QED) is 0.199. The van der Waals surface area contributed by atoms with Crippen molar-refractivity contribution >= 4 is 10.8 Å². The number of hydrogen-bond donors (Lipinski definition) is 0. The molecule has 36 heavy (non-hydrogen) atoms. The highest BCUT2D eigenvalue weighted by atomic mass is 19.1. The van der Waals surface area contributed by atoms with Gasteiger partial charge >= 0.3 is 0 Å². The lowest BCUT2D eigenvalue weighted by Gasteiger charge is -2.29. The van der Waals surface area contributed by atoms with Crippen LogP contribution in [-0.2, 0) is 6.42 Å². The van der Waals surface area contributed by atoms with Crippen molar-refractivity contribution in [3.8, 4) is 11.8 Å². The molecule has 0 unspecified atom stereocenters. The Morgan fingerprint density at radius 1 is 0.722 bits per heavy atom. The van der Waals surface area contributed by atoms with Crippen LogP contribution in [0.2, 0.25) is 0 Å². The Kier molecular flexibility index (Phi) is 10.0. The van der Waals surface area contributed by atoms with Gasteiger partial charge in [-0.05, 0) is 91.1 Å². The summed E-state index contributed by atoms with van der Waals surface area (Å²) in [5.74, 6) is 8.20. The normalized spacial score (nSPS) is 17.6. The monoisotopic (exact) mass is 482 g/mol. The molecule has 0 heterocycles. The van der Waals surface area contributed by atoms with E-state index in [-0.39, 0.29) is 5.82 Å². The molecule has 0 bridgehead atoms. The van der Waals surface area contributed by atoms with Crippen molar-refractivity contribution in [1.29, 1.82) is 0 Å². The minimum atomic E-state index is -0.0610. The maximum absolute atomic E-state index is 15.0. The fourth-order valence-corrected chi connectivity index (χ4v) is 5.80. The Labute approximate surface area is 218 Å². The highest BCUT2D eigenvalue weighted by Crippen LogP contribution is 2.37. The Bertz CT molecular complexity index is 1150. The summed E-state index contributed by atoms with van der Waals surface area (Å²) >= 11 is 0. The summed E-state index contributed by atoms with van der Waals surface area (Å²) in [5.41, 5.74) is 4.28. The van der Waals surface area contributed by atoms with Crippen molar-refractivity contribution < 1.29 is 4.39 Å². The van der Waals surface area contributed by atoms with E-state index in [9.17, 15) is 0 Å². The van der Waals surface area contributed by atoms with Gasteiger partial charge in [0.2, 0.25) is 0 Å². The molecule has 0 aliphatic heterocycles. The van der Waals surface area contributed by atoms with E-state index in [0.717, 1.165) is 40.8 Å². The van der Waals surface area contributed by atoms with Crippen LogP contribution < -0.4 is 0 Å². The molecule has 0 saturated heterocycles. The molecular formula is C35H43F. The van der Waals surface area contributed by atoms with Crippen LogP contribution in [0.4, 0.5) is 4.39 Å². The molecule has 1 saturated carbocycles. The SMILES string of the molecule is CCCCCCc1ccc2cc(C#Cc3ccc(C4CCC(CCCCC)CC4)cc3)ccc2c1F. The largest absolute Gasteiger partial charge is 0.206 e. The zero-order valence-corrected chi connectivity index (χ0v) is 22.4. The van der Waals surface area contributed by atoms with Gasteiger partial charge in [-0.15, -0.1) is 0 Å². The molecule has 0 aromatic heterocycles. The van der Waals surface area contributed by atoms with Crippen LogP contribution in [0.5, 0.6) is 0 Å². The highest BCUT2D eigenvalue weighted by molar-refractivity contribution is 5.85. The molecule has 4 rings (SSSR count). The molecule has 1 heteroatoms. The van der Waals surface area contributed by atoms with Gasteiger partial charge in [0.1, 0.15) is 5.82 Å². The first-order valence-corrected chi connectivity index (χ1v) is 14.5. The van der Waals surface area contributed by atoms with E-state index in [1.165, 1.54) is 76.2 Å². The van der Waals surface area contributed by atoms with Crippen molar-refractivity contribution in [2.75, 3.05) is 0 Å². The summed E-state index contributed by atoms with van der Waals surface area (Å²) in [6.45, 7) is 4.49. The third-order valence-corrected chi connectivity index (χ3v) is 8.13. The fourth-order valence-electron chi connectivity index (χ4n) is 5.80. The summed E-state index contributed by atoms with van der Waals surface area (Å²) < 4.78 is 15.0. The third-order valence-electron chi connectivity index (χ3n) is 8.13. The van der Waals surface area contributed by atoms with Gasteiger partial charge in [0.25, 0.3) is 0 Å². The van der Waals surface area contributed by atoms with Crippen molar-refractivity contribution in [3.05, 3.63) is 82.7 Å². The average Bonchev–Trinajstić information content (AvgIpc) is 2.92. The minimum absolute atomic E-state index is 0.0610. The van der Waals surface area contributed by atoms with Gasteiger partial charge in [0, 0.05) is 16.5 Å². The maximum Gasteiger partial charge on any atom is 0.134 e. The molecule has 0 nitrogen and oxygen atoms in total. The first kappa shape index (κ1) is 26.5. The molecular weight excluding hydrogens is 439 g/mol. The third kappa shape index (κ3) is 7.22. The molecule has 1 aliphatic rings. The lowest BCUT2D eigenvalue weighted by molar-refractivity contribution is 0.303. The first-order chi connectivity index (χ1) is 17.7. The predicted octanol–water partition coefficient (Wildman–Crippen LogP) is 10.4. The van der Waals surface area contributed by atoms with Crippen molar-refractivity contribution in [3.63, 3.8) is 0 Å². The van der Waals surface area contributed by atoms with Crippen LogP contribution in [0.3, 0.4) is 0 Å². The van der Waals surface area contributed by atoms with E-state index in [2.05, 4.69) is 50.0 Å². The Hall–Kier alpha value is -2.59. The van der Waals surface area contributed by atoms with E-state index in [0.29, 0.717) is 11.3 Å². The number of hydrogen-bond acceptors (Lipinski definition) is 0. The number of unbranched alkanes of at least 4 members (excludes halogenated alkanes) is 5. The molecule has 0 amide bonds. The highest BCUT2D eigenvalue weighted by Gasteiger charge is 2.21. The minimum Gasteiger partial charge on any atom is -0.206 e. The number of fused-ring (bicyclic) bond motifs is 1. The molecule has 0 spiro atoms. The molecule has 190 valence electrons. The summed E-state index contributed by atoms with van der Waals surface area (Å²) in [6.07, 6.45) is 16.4. The summed E-state index contributed by atoms with van der Waals surface area (Å²) in [5, 5.41) is 1.63. The van der Waals surface area contributed by atoms with E-state index < -0.39 is 0 Å². The fraction of sp³-hybridized carbons (Fsp3) is 0.486. The topological polar surface area (TPSA) is 0 Å². The van der Waals surface area contributed by atoms with Gasteiger partial charge in [-0.2, -0.15) is 0 Å². The van der Waals surface area contributed by atoms with Crippen molar-refractivity contribution in [2.45, 2.75) is 103 Å². The number of halogens is 1. The molecule has 3 aromatic carbocycles. The Balaban J connectivity index is 1.35. The van der Waals surface area contributed by atoms with Crippen LogP contribution >= 0.6 is 0 Å². The molecule has 0 N–H and O–H groups in total. The second-order valence-corrected chi connectivity index (χ2v) is 10.9. The van der Waals surface area contributed by atoms with Gasteiger partial charge in [0.05, 0.1) is 0 Å². The predicted molar refractivity (Wildman–Crippen MR) is 153 cm³/mol. The van der Waals surface area contributed by atoms with Crippen LogP contribution in [-0.4, -0.2) is 0 Å². The van der Waals surface area contributed by atoms with Crippen molar-refractivity contribution in [2.24, 2.45) is 5.92 Å². The van der Waals surface area contributed by atoms with Gasteiger partial charge in [-0.25, -0.2) is 4.39 Å². The summed E-state index contributed by atoms with van der Waals surface area (Å²) in [4.78, 5) is 0. The molecule has 0 atom stereocenters. The molecule has 0 radical (unpaired) electrons. The first-order valence-electron chi connectivity index (χ1n) is 14.5. The van der Waals surface area contributed by atoms with Crippen molar-refractivity contribution in [1.82, 2.24) is 0 Å². The summed E-state index contributed by atoms with van der Waals surface area (Å²) in [6, 6.07) is 18.8. The lowest BCUT2D eigenvalue weighted by atomic mass is 9.77. The van der Waals surface area contributed by atoms with Gasteiger partial charge in [-0.3, -0.25) is 0 Å². The van der Waals surface area contributed by atoms with E-state index in [1.807, 2.05) is 30.3 Å². The zero-order valence-electron chi connectivity index (χ0n) is 22.4. The smallest absolute Gasteiger partial charge is 0.134 e. The van der Waals surface area contributed by atoms with Gasteiger partial charge in [0.15, 0.2) is 0 Å². The number of rotatable bonds is 10. The number of benzene rings is 3. The van der Waals surface area contributed by atoms with Crippen LogP contribution in [0.15, 0.2) is 54.6 Å². The second kappa shape index (κ2) is 13.6. The summed E-state index contributed by atoms with van der Waals surface area (Å²) in [7, 11) is 0. The van der Waals surface area contributed by atoms with Crippen LogP contribution in [0.25, 0.3) is 10.8 Å². The molecule has 3 aromatic rings. The average molecular weight is 483 g/mol. The Morgan fingerprint density at radius 3 is 2.17 bits per heavy atom. The van der Waals surface area contributed by atoms with E-state index >= 15 is 4.39 Å². The standard InChI is InChI=1S/C35H43F/c1-3-5-7-9-11-32-23-24-33-26-29(18-25-34(33)35(32)36)13-12-28-16-21-31(22-17-28)30-19-14-27(15-20-30)10-8-6-4-2/h16-18,21-27,30H,3-11,14-15,19-20H2,1-2H3. The number of aryl methyl sites for hydroxylation is 1. The maximum atomic E-state index is 15.0. The second-order valence-electron chi connectivity index (χ2n) is 10.9. The van der Waals surface area contributed by atoms with Crippen LogP contribution in [0, 0.1) is 23.6 Å². The van der Waals surface area contributed by atoms with Gasteiger partial charge in [-0.1, -0.05) is 101 Å². The Morgan fingerprint density at radius 2 is 1.42 bits per heavy atom. The molecule has 1 fully saturated rings. The zero-order chi connectivity index (χ0) is 25.2. The van der Waals surface area contributed by atoms with E-state index in [1.54, 1.807) is 0 Å².